The van der Waals surface area contributed by atoms with Gasteiger partial charge in [0, 0.05) is 0 Å². The van der Waals surface area contributed by atoms with E-state index in [2.05, 4.69) is 0 Å². The maximum atomic E-state index is 14.5. The fourth-order valence-electron chi connectivity index (χ4n) is 4.52. The molecule has 0 spiro atoms. The molecule has 2 N–H and O–H groups in total. The van der Waals surface area contributed by atoms with Crippen molar-refractivity contribution in [3.63, 3.8) is 0 Å². The highest BCUT2D eigenvalue weighted by molar-refractivity contribution is 6.32. The molecule has 0 heterocycles. The van der Waals surface area contributed by atoms with Crippen LogP contribution in [0.1, 0.15) is 22.3 Å². The zero-order chi connectivity index (χ0) is 21.0. The van der Waals surface area contributed by atoms with Crippen molar-refractivity contribution in [2.24, 2.45) is 0 Å². The van der Waals surface area contributed by atoms with Crippen LogP contribution in [-0.2, 0) is 5.41 Å². The summed E-state index contributed by atoms with van der Waals surface area (Å²) in [6.07, 6.45) is 0. The van der Waals surface area contributed by atoms with Gasteiger partial charge in [0.1, 0.15) is 17.3 Å². The van der Waals surface area contributed by atoms with E-state index < -0.39 is 5.41 Å². The lowest BCUT2D eigenvalue weighted by Gasteiger charge is -2.34. The van der Waals surface area contributed by atoms with Gasteiger partial charge < -0.3 is 10.2 Å². The number of aromatic hydroxyl groups is 2. The fraction of sp³-hybridized carbons (Fsp3) is 0.0400. The Kier molecular flexibility index (Phi) is 4.28. The van der Waals surface area contributed by atoms with Crippen LogP contribution in [-0.4, -0.2) is 10.2 Å². The summed E-state index contributed by atoms with van der Waals surface area (Å²) < 4.78 is 14.5. The second-order valence-corrected chi connectivity index (χ2v) is 8.13. The third-order valence-corrected chi connectivity index (χ3v) is 6.37. The number of rotatable bonds is 2. The van der Waals surface area contributed by atoms with Crippen LogP contribution >= 0.6 is 23.2 Å². The number of benzene rings is 4. The Hall–Kier alpha value is -3.01. The summed E-state index contributed by atoms with van der Waals surface area (Å²) in [5.41, 5.74) is 4.14. The van der Waals surface area contributed by atoms with Crippen LogP contribution in [0.3, 0.4) is 0 Å². The smallest absolute Gasteiger partial charge is 0.134 e. The molecule has 4 aromatic carbocycles. The summed E-state index contributed by atoms with van der Waals surface area (Å²) >= 11 is 12.6. The lowest BCUT2D eigenvalue weighted by molar-refractivity contribution is 0.475. The molecule has 1 aliphatic rings. The highest BCUT2D eigenvalue weighted by Gasteiger charge is 2.46. The third kappa shape index (κ3) is 2.56. The number of fused-ring (bicyclic) bond motifs is 3. The molecule has 5 rings (SSSR count). The summed E-state index contributed by atoms with van der Waals surface area (Å²) in [4.78, 5) is 0. The van der Waals surface area contributed by atoms with Gasteiger partial charge in [0.05, 0.1) is 15.5 Å². The van der Waals surface area contributed by atoms with Crippen LogP contribution in [0.15, 0.2) is 78.9 Å². The van der Waals surface area contributed by atoms with Crippen molar-refractivity contribution in [3.8, 4) is 22.6 Å². The van der Waals surface area contributed by atoms with Crippen molar-refractivity contribution < 1.29 is 14.6 Å². The summed E-state index contributed by atoms with van der Waals surface area (Å²) in [5, 5.41) is 20.4. The van der Waals surface area contributed by atoms with Crippen molar-refractivity contribution in [1.82, 2.24) is 0 Å². The normalized spacial score (nSPS) is 13.7. The number of phenolic OH excluding ortho intramolecular Hbond substituents is 2. The molecule has 5 heteroatoms. The molecule has 30 heavy (non-hydrogen) atoms. The van der Waals surface area contributed by atoms with E-state index in [0.717, 1.165) is 33.4 Å². The van der Waals surface area contributed by atoms with Gasteiger partial charge in [-0.3, -0.25) is 0 Å². The summed E-state index contributed by atoms with van der Waals surface area (Å²) in [7, 11) is 0. The molecule has 2 nitrogen and oxygen atoms in total. The zero-order valence-electron chi connectivity index (χ0n) is 15.5. The molecule has 0 unspecified atom stereocenters. The molecule has 0 atom stereocenters. The van der Waals surface area contributed by atoms with Crippen LogP contribution in [0.2, 0.25) is 10.0 Å². The number of hydrogen-bond acceptors (Lipinski definition) is 2. The molecule has 0 aliphatic heterocycles. The molecule has 0 saturated carbocycles. The van der Waals surface area contributed by atoms with Crippen molar-refractivity contribution in [3.05, 3.63) is 117 Å². The molecular weight excluding hydrogens is 422 g/mol. The minimum absolute atomic E-state index is 0.0370. The van der Waals surface area contributed by atoms with Crippen LogP contribution < -0.4 is 0 Å². The van der Waals surface area contributed by atoms with Crippen molar-refractivity contribution in [2.75, 3.05) is 0 Å². The Bertz CT molecular complexity index is 1270. The molecule has 0 saturated heterocycles. The van der Waals surface area contributed by atoms with Crippen molar-refractivity contribution in [2.45, 2.75) is 5.41 Å². The maximum absolute atomic E-state index is 14.5. The molecule has 1 aliphatic carbocycles. The number of halogens is 3. The largest absolute Gasteiger partial charge is 0.506 e. The van der Waals surface area contributed by atoms with Gasteiger partial charge in [-0.25, -0.2) is 4.39 Å². The summed E-state index contributed by atoms with van der Waals surface area (Å²) in [5.74, 6) is -0.434. The monoisotopic (exact) mass is 436 g/mol. The average molecular weight is 437 g/mol. The molecule has 148 valence electrons. The van der Waals surface area contributed by atoms with E-state index in [9.17, 15) is 14.6 Å². The summed E-state index contributed by atoms with van der Waals surface area (Å²) in [6, 6.07) is 22.6. The van der Waals surface area contributed by atoms with Crippen LogP contribution in [0.4, 0.5) is 4.39 Å². The zero-order valence-corrected chi connectivity index (χ0v) is 17.0. The minimum Gasteiger partial charge on any atom is -0.506 e. The second-order valence-electron chi connectivity index (χ2n) is 7.32. The lowest BCUT2D eigenvalue weighted by Crippen LogP contribution is -2.28. The first-order chi connectivity index (χ1) is 14.4. The molecule has 0 amide bonds. The standard InChI is InChI=1S/C25H15Cl2FO2/c26-21-11-14(5-9-23(21)29)25(15-6-10-24(30)22(27)12-15)19-4-2-1-3-17(19)18-8-7-16(28)13-20(18)25/h1-13,29-30H. The quantitative estimate of drug-likeness (QED) is 0.315. The Morgan fingerprint density at radius 2 is 1.20 bits per heavy atom. The van der Waals surface area contributed by atoms with Gasteiger partial charge in [0.15, 0.2) is 0 Å². The van der Waals surface area contributed by atoms with E-state index >= 15 is 0 Å². The van der Waals surface area contributed by atoms with Gasteiger partial charge in [-0.1, -0.05) is 65.7 Å². The van der Waals surface area contributed by atoms with Gasteiger partial charge in [0.2, 0.25) is 0 Å². The van der Waals surface area contributed by atoms with E-state index in [1.54, 1.807) is 30.3 Å². The van der Waals surface area contributed by atoms with Crippen LogP contribution in [0, 0.1) is 5.82 Å². The van der Waals surface area contributed by atoms with Gasteiger partial charge >= 0.3 is 0 Å². The predicted octanol–water partition coefficient (Wildman–Crippen LogP) is 6.91. The maximum Gasteiger partial charge on any atom is 0.134 e. The molecule has 0 radical (unpaired) electrons. The van der Waals surface area contributed by atoms with Crippen LogP contribution in [0.25, 0.3) is 11.1 Å². The van der Waals surface area contributed by atoms with Gasteiger partial charge in [0.25, 0.3) is 0 Å². The van der Waals surface area contributed by atoms with Crippen LogP contribution in [0.5, 0.6) is 11.5 Å². The van der Waals surface area contributed by atoms with Gasteiger partial charge in [-0.15, -0.1) is 0 Å². The molecule has 0 bridgehead atoms. The Morgan fingerprint density at radius 3 is 1.80 bits per heavy atom. The lowest BCUT2D eigenvalue weighted by atomic mass is 9.67. The van der Waals surface area contributed by atoms with Gasteiger partial charge in [-0.2, -0.15) is 0 Å². The molecule has 0 aromatic heterocycles. The highest BCUT2D eigenvalue weighted by atomic mass is 35.5. The van der Waals surface area contributed by atoms with E-state index in [1.165, 1.54) is 24.3 Å². The first-order valence-corrected chi connectivity index (χ1v) is 10.1. The fourth-order valence-corrected chi connectivity index (χ4v) is 4.88. The third-order valence-electron chi connectivity index (χ3n) is 5.77. The highest BCUT2D eigenvalue weighted by Crippen LogP contribution is 2.57. The first-order valence-electron chi connectivity index (χ1n) is 9.31. The second kappa shape index (κ2) is 6.76. The topological polar surface area (TPSA) is 40.5 Å². The minimum atomic E-state index is -0.928. The SMILES string of the molecule is Oc1ccc(C2(c3ccc(O)c(Cl)c3)c3ccccc3-c3ccc(F)cc32)cc1Cl. The Balaban J connectivity index is 1.98. The summed E-state index contributed by atoms with van der Waals surface area (Å²) in [6.45, 7) is 0. The Labute approximate surface area is 182 Å². The predicted molar refractivity (Wildman–Crippen MR) is 117 cm³/mol. The molecule has 0 fully saturated rings. The molecular formula is C25H15Cl2FO2. The van der Waals surface area contributed by atoms with E-state index in [0.29, 0.717) is 0 Å². The van der Waals surface area contributed by atoms with Gasteiger partial charge in [-0.05, 0) is 69.8 Å². The van der Waals surface area contributed by atoms with E-state index in [-0.39, 0.29) is 27.4 Å². The van der Waals surface area contributed by atoms with Crippen molar-refractivity contribution >= 4 is 23.2 Å². The van der Waals surface area contributed by atoms with Crippen molar-refractivity contribution in [1.29, 1.82) is 0 Å². The van der Waals surface area contributed by atoms with E-state index in [1.807, 2.05) is 24.3 Å². The average Bonchev–Trinajstić information content (AvgIpc) is 3.02. The first kappa shape index (κ1) is 19.0. The number of hydrogen-bond donors (Lipinski definition) is 2. The molecule has 4 aromatic rings. The Morgan fingerprint density at radius 1 is 0.633 bits per heavy atom. The number of phenols is 2. The van der Waals surface area contributed by atoms with E-state index in [4.69, 9.17) is 23.2 Å².